The fraction of sp³-hybridized carbons (Fsp3) is 1.00. The summed E-state index contributed by atoms with van der Waals surface area (Å²) in [5.74, 6) is 3.53. The highest BCUT2D eigenvalue weighted by molar-refractivity contribution is 5.10. The van der Waals surface area contributed by atoms with Crippen LogP contribution in [0.5, 0.6) is 0 Å². The first-order chi connectivity index (χ1) is 12.1. The van der Waals surface area contributed by atoms with Crippen LogP contribution in [0.3, 0.4) is 0 Å². The molecule has 2 fully saturated rings. The smallest absolute Gasteiger partial charge is 0.0238 e. The molecule has 0 aromatic rings. The standard InChI is InChI=1S/C26H50/c1-9-22(6)13-12-16-26(14-10-11-15-26)19-24(7)18-23(21(4)5)25(24,8)17-20(2)3/h20-23H,9-19H2,1-8H3. The maximum Gasteiger partial charge on any atom is -0.0238 e. The monoisotopic (exact) mass is 362 g/mol. The summed E-state index contributed by atoms with van der Waals surface area (Å²) in [6.07, 6.45) is 16.3. The van der Waals surface area contributed by atoms with E-state index in [0.717, 1.165) is 23.7 Å². The molecule has 0 aromatic carbocycles. The lowest BCUT2D eigenvalue weighted by molar-refractivity contribution is -0.174. The molecule has 0 amide bonds. The second-order valence-corrected chi connectivity index (χ2v) is 11.9. The molecule has 0 nitrogen and oxygen atoms in total. The third-order valence-corrected chi connectivity index (χ3v) is 9.03. The maximum absolute atomic E-state index is 2.68. The molecule has 0 N–H and O–H groups in total. The van der Waals surface area contributed by atoms with Gasteiger partial charge in [0, 0.05) is 0 Å². The first-order valence-electron chi connectivity index (χ1n) is 12.1. The van der Waals surface area contributed by atoms with E-state index in [-0.39, 0.29) is 0 Å². The van der Waals surface area contributed by atoms with E-state index in [4.69, 9.17) is 0 Å². The predicted molar refractivity (Wildman–Crippen MR) is 117 cm³/mol. The van der Waals surface area contributed by atoms with Gasteiger partial charge in [-0.3, -0.25) is 0 Å². The van der Waals surface area contributed by atoms with E-state index < -0.39 is 0 Å². The van der Waals surface area contributed by atoms with Crippen molar-refractivity contribution in [3.8, 4) is 0 Å². The summed E-state index contributed by atoms with van der Waals surface area (Å²) >= 11 is 0. The molecule has 0 saturated heterocycles. The molecule has 0 heteroatoms. The SMILES string of the molecule is CCC(C)CCCC1(CC2(C)CC(C(C)C)C2(C)CC(C)C)CCCC1. The van der Waals surface area contributed by atoms with Crippen LogP contribution in [0.2, 0.25) is 0 Å². The van der Waals surface area contributed by atoms with Crippen molar-refractivity contribution in [2.24, 2.45) is 39.9 Å². The van der Waals surface area contributed by atoms with Gasteiger partial charge in [0.2, 0.25) is 0 Å². The van der Waals surface area contributed by atoms with Crippen molar-refractivity contribution >= 4 is 0 Å². The molecule has 0 aromatic heterocycles. The van der Waals surface area contributed by atoms with E-state index in [1.807, 2.05) is 0 Å². The van der Waals surface area contributed by atoms with Crippen molar-refractivity contribution in [2.75, 3.05) is 0 Å². The van der Waals surface area contributed by atoms with E-state index in [0.29, 0.717) is 16.2 Å². The van der Waals surface area contributed by atoms with Crippen molar-refractivity contribution in [3.63, 3.8) is 0 Å². The Kier molecular flexibility index (Phi) is 7.34. The van der Waals surface area contributed by atoms with Crippen LogP contribution in [0.15, 0.2) is 0 Å². The molecule has 0 radical (unpaired) electrons. The van der Waals surface area contributed by atoms with Crippen molar-refractivity contribution < 1.29 is 0 Å². The van der Waals surface area contributed by atoms with Crippen LogP contribution < -0.4 is 0 Å². The van der Waals surface area contributed by atoms with Crippen LogP contribution >= 0.6 is 0 Å². The summed E-state index contributed by atoms with van der Waals surface area (Å²) in [6, 6.07) is 0. The number of hydrogen-bond acceptors (Lipinski definition) is 0. The Morgan fingerprint density at radius 1 is 0.962 bits per heavy atom. The minimum atomic E-state index is 0.557. The van der Waals surface area contributed by atoms with Crippen LogP contribution in [-0.2, 0) is 0 Å². The zero-order chi connectivity index (χ0) is 19.6. The van der Waals surface area contributed by atoms with Gasteiger partial charge in [-0.1, -0.05) is 87.5 Å². The predicted octanol–water partition coefficient (Wildman–Crippen LogP) is 8.89. The minimum absolute atomic E-state index is 0.557. The van der Waals surface area contributed by atoms with Crippen molar-refractivity contribution in [1.29, 1.82) is 0 Å². The van der Waals surface area contributed by atoms with Gasteiger partial charge < -0.3 is 0 Å². The molecule has 2 rings (SSSR count). The number of rotatable bonds is 10. The molecule has 2 aliphatic rings. The lowest BCUT2D eigenvalue weighted by atomic mass is 9.38. The summed E-state index contributed by atoms with van der Waals surface area (Å²) in [7, 11) is 0. The van der Waals surface area contributed by atoms with Crippen molar-refractivity contribution in [1.82, 2.24) is 0 Å². The molecule has 154 valence electrons. The average Bonchev–Trinajstić information content (AvgIpc) is 3.00. The number of hydrogen-bond donors (Lipinski definition) is 0. The van der Waals surface area contributed by atoms with Crippen LogP contribution in [0.4, 0.5) is 0 Å². The first-order valence-corrected chi connectivity index (χ1v) is 12.1. The van der Waals surface area contributed by atoms with E-state index in [1.54, 1.807) is 0 Å². The maximum atomic E-state index is 2.68. The normalized spacial score (nSPS) is 35.1. The van der Waals surface area contributed by atoms with E-state index in [2.05, 4.69) is 55.4 Å². The zero-order valence-electron chi connectivity index (χ0n) is 19.6. The van der Waals surface area contributed by atoms with Gasteiger partial charge in [0.05, 0.1) is 0 Å². The fourth-order valence-electron chi connectivity index (χ4n) is 7.25. The molecular weight excluding hydrogens is 312 g/mol. The molecule has 4 unspecified atom stereocenters. The van der Waals surface area contributed by atoms with E-state index in [1.165, 1.54) is 70.6 Å². The Morgan fingerprint density at radius 2 is 1.58 bits per heavy atom. The van der Waals surface area contributed by atoms with Gasteiger partial charge in [-0.15, -0.1) is 0 Å². The molecule has 26 heavy (non-hydrogen) atoms. The highest BCUT2D eigenvalue weighted by Crippen LogP contribution is 2.70. The lowest BCUT2D eigenvalue weighted by Crippen LogP contribution is -2.58. The Labute approximate surface area is 166 Å². The molecule has 2 saturated carbocycles. The van der Waals surface area contributed by atoms with E-state index in [9.17, 15) is 0 Å². The lowest BCUT2D eigenvalue weighted by Gasteiger charge is -2.66. The highest BCUT2D eigenvalue weighted by Gasteiger charge is 2.61. The van der Waals surface area contributed by atoms with Gasteiger partial charge in [-0.05, 0) is 78.4 Å². The first kappa shape index (κ1) is 22.3. The van der Waals surface area contributed by atoms with Gasteiger partial charge in [0.15, 0.2) is 0 Å². The molecule has 0 spiro atoms. The summed E-state index contributed by atoms with van der Waals surface area (Å²) in [4.78, 5) is 0. The summed E-state index contributed by atoms with van der Waals surface area (Å²) in [5, 5.41) is 0. The van der Waals surface area contributed by atoms with E-state index >= 15 is 0 Å². The van der Waals surface area contributed by atoms with Gasteiger partial charge in [-0.25, -0.2) is 0 Å². The highest BCUT2D eigenvalue weighted by atomic mass is 14.7. The Bertz CT molecular complexity index is 427. The van der Waals surface area contributed by atoms with Crippen molar-refractivity contribution in [2.45, 2.75) is 126 Å². The second-order valence-electron chi connectivity index (χ2n) is 11.9. The third-order valence-electron chi connectivity index (χ3n) is 9.03. The summed E-state index contributed by atoms with van der Waals surface area (Å²) < 4.78 is 0. The van der Waals surface area contributed by atoms with Crippen LogP contribution in [0.25, 0.3) is 0 Å². The Balaban J connectivity index is 2.11. The van der Waals surface area contributed by atoms with Crippen LogP contribution in [0.1, 0.15) is 126 Å². The molecule has 0 aliphatic heterocycles. The second kappa shape index (κ2) is 8.57. The summed E-state index contributed by atoms with van der Waals surface area (Å²) in [6.45, 7) is 20.0. The van der Waals surface area contributed by atoms with Crippen LogP contribution in [-0.4, -0.2) is 0 Å². The Hall–Kier alpha value is 0. The van der Waals surface area contributed by atoms with Crippen LogP contribution in [0, 0.1) is 39.9 Å². The van der Waals surface area contributed by atoms with Gasteiger partial charge in [0.25, 0.3) is 0 Å². The molecule has 4 atom stereocenters. The largest absolute Gasteiger partial charge is 0.0651 e. The quantitative estimate of drug-likeness (QED) is 0.364. The average molecular weight is 363 g/mol. The molecule has 2 aliphatic carbocycles. The fourth-order valence-corrected chi connectivity index (χ4v) is 7.25. The minimum Gasteiger partial charge on any atom is -0.0651 e. The third kappa shape index (κ3) is 4.52. The van der Waals surface area contributed by atoms with Gasteiger partial charge >= 0.3 is 0 Å². The summed E-state index contributed by atoms with van der Waals surface area (Å²) in [5.41, 5.74) is 1.82. The molecule has 0 bridgehead atoms. The Morgan fingerprint density at radius 3 is 2.08 bits per heavy atom. The topological polar surface area (TPSA) is 0 Å². The zero-order valence-corrected chi connectivity index (χ0v) is 19.6. The van der Waals surface area contributed by atoms with Crippen molar-refractivity contribution in [3.05, 3.63) is 0 Å². The van der Waals surface area contributed by atoms with Gasteiger partial charge in [-0.2, -0.15) is 0 Å². The van der Waals surface area contributed by atoms with Gasteiger partial charge in [0.1, 0.15) is 0 Å². The molecule has 0 heterocycles. The molecular formula is C26H50.